The summed E-state index contributed by atoms with van der Waals surface area (Å²) in [7, 11) is 1.84. The van der Waals surface area contributed by atoms with Crippen LogP contribution in [0.1, 0.15) is 30.1 Å². The van der Waals surface area contributed by atoms with Gasteiger partial charge in [0.15, 0.2) is 0 Å². The summed E-state index contributed by atoms with van der Waals surface area (Å²) in [6, 6.07) is 9.45. The molecular weight excluding hydrogens is 248 g/mol. The lowest BCUT2D eigenvalue weighted by atomic mass is 10.1. The fraction of sp³-hybridized carbons (Fsp3) is 0.250. The first-order chi connectivity index (χ1) is 9.74. The molecule has 3 N–H and O–H groups in total. The number of rotatable bonds is 4. The maximum Gasteiger partial charge on any atom is 0.127 e. The molecule has 2 rings (SSSR count). The molecule has 1 aromatic carbocycles. The van der Waals surface area contributed by atoms with Gasteiger partial charge >= 0.3 is 0 Å². The molecule has 0 amide bonds. The van der Waals surface area contributed by atoms with Crippen LogP contribution in [-0.2, 0) is 0 Å². The molecule has 4 nitrogen and oxygen atoms in total. The number of hydrogen-bond donors (Lipinski definition) is 2. The Morgan fingerprint density at radius 2 is 2.10 bits per heavy atom. The van der Waals surface area contributed by atoms with Crippen LogP contribution in [-0.4, -0.2) is 12.9 Å². The van der Waals surface area contributed by atoms with Gasteiger partial charge in [-0.1, -0.05) is 30.4 Å². The van der Waals surface area contributed by atoms with Gasteiger partial charge < -0.3 is 5.73 Å². The standard InChI is InChI=1S/C16H18N4/c1-19-16(14-9-7-12(11-17)8-10-14)20-15(18)13-5-3-2-4-6-13/h3,5-10,16,19H,2,4H2,1H3,(H2,18,20). The molecule has 0 fully saturated rings. The minimum atomic E-state index is -0.209. The zero-order valence-electron chi connectivity index (χ0n) is 11.5. The van der Waals surface area contributed by atoms with Crippen molar-refractivity contribution in [1.82, 2.24) is 5.32 Å². The van der Waals surface area contributed by atoms with Crippen molar-refractivity contribution in [3.8, 4) is 6.07 Å². The molecule has 1 aliphatic carbocycles. The van der Waals surface area contributed by atoms with E-state index in [0.717, 1.165) is 24.0 Å². The lowest BCUT2D eigenvalue weighted by Crippen LogP contribution is -2.21. The fourth-order valence-electron chi connectivity index (χ4n) is 2.06. The van der Waals surface area contributed by atoms with Crippen LogP contribution >= 0.6 is 0 Å². The van der Waals surface area contributed by atoms with Crippen molar-refractivity contribution >= 4 is 5.84 Å². The molecule has 0 radical (unpaired) electrons. The highest BCUT2D eigenvalue weighted by Crippen LogP contribution is 2.17. The maximum absolute atomic E-state index is 8.81. The number of hydrogen-bond acceptors (Lipinski definition) is 3. The summed E-state index contributed by atoms with van der Waals surface area (Å²) in [4.78, 5) is 4.53. The minimum absolute atomic E-state index is 0.209. The van der Waals surface area contributed by atoms with Gasteiger partial charge in [-0.05, 0) is 37.6 Å². The summed E-state index contributed by atoms with van der Waals surface area (Å²) >= 11 is 0. The Labute approximate surface area is 119 Å². The smallest absolute Gasteiger partial charge is 0.127 e. The van der Waals surface area contributed by atoms with Crippen LogP contribution in [0.4, 0.5) is 0 Å². The highest BCUT2D eigenvalue weighted by Gasteiger charge is 2.10. The van der Waals surface area contributed by atoms with Crippen LogP contribution in [0.2, 0.25) is 0 Å². The Morgan fingerprint density at radius 3 is 2.65 bits per heavy atom. The van der Waals surface area contributed by atoms with E-state index in [9.17, 15) is 0 Å². The van der Waals surface area contributed by atoms with Crippen LogP contribution in [0.3, 0.4) is 0 Å². The largest absolute Gasteiger partial charge is 0.383 e. The van der Waals surface area contributed by atoms with Gasteiger partial charge in [0.1, 0.15) is 12.0 Å². The van der Waals surface area contributed by atoms with E-state index in [2.05, 4.69) is 28.5 Å². The van der Waals surface area contributed by atoms with E-state index in [4.69, 9.17) is 11.0 Å². The molecule has 20 heavy (non-hydrogen) atoms. The number of aliphatic imine (C=N–C) groups is 1. The quantitative estimate of drug-likeness (QED) is 0.649. The first-order valence-corrected chi connectivity index (χ1v) is 6.62. The van der Waals surface area contributed by atoms with Gasteiger partial charge in [-0.3, -0.25) is 5.32 Å². The Balaban J connectivity index is 2.21. The first kappa shape index (κ1) is 14.0. The molecular formula is C16H18N4. The van der Waals surface area contributed by atoms with Gasteiger partial charge in [-0.25, -0.2) is 4.99 Å². The van der Waals surface area contributed by atoms with Gasteiger partial charge in [-0.15, -0.1) is 0 Å². The summed E-state index contributed by atoms with van der Waals surface area (Å²) in [5.41, 5.74) is 8.65. The Bertz CT molecular complexity index is 588. The van der Waals surface area contributed by atoms with E-state index in [1.807, 2.05) is 25.3 Å². The van der Waals surface area contributed by atoms with Crippen molar-refractivity contribution in [2.45, 2.75) is 19.0 Å². The summed E-state index contributed by atoms with van der Waals surface area (Å²) in [6.45, 7) is 0. The third-order valence-corrected chi connectivity index (χ3v) is 3.19. The zero-order valence-corrected chi connectivity index (χ0v) is 11.5. The molecule has 1 unspecified atom stereocenters. The number of nitriles is 1. The third kappa shape index (κ3) is 3.34. The predicted molar refractivity (Wildman–Crippen MR) is 81.0 cm³/mol. The lowest BCUT2D eigenvalue weighted by Gasteiger charge is -2.14. The van der Waals surface area contributed by atoms with Gasteiger partial charge in [0.25, 0.3) is 0 Å². The average Bonchev–Trinajstić information content (AvgIpc) is 2.53. The summed E-state index contributed by atoms with van der Waals surface area (Å²) in [5, 5.41) is 11.9. The van der Waals surface area contributed by atoms with Crippen LogP contribution in [0, 0.1) is 11.3 Å². The number of nitrogens with zero attached hydrogens (tertiary/aromatic N) is 2. The first-order valence-electron chi connectivity index (χ1n) is 6.62. The van der Waals surface area contributed by atoms with Gasteiger partial charge in [0.05, 0.1) is 11.6 Å². The van der Waals surface area contributed by atoms with E-state index >= 15 is 0 Å². The number of nitrogens with two attached hydrogens (primary N) is 1. The van der Waals surface area contributed by atoms with E-state index in [1.54, 1.807) is 12.1 Å². The zero-order chi connectivity index (χ0) is 14.4. The molecule has 0 aliphatic heterocycles. The molecule has 0 saturated heterocycles. The molecule has 0 heterocycles. The normalized spacial score (nSPS) is 16.4. The molecule has 1 aliphatic rings. The van der Waals surface area contributed by atoms with E-state index in [1.165, 1.54) is 0 Å². The van der Waals surface area contributed by atoms with Gasteiger partial charge in [0, 0.05) is 5.57 Å². The van der Waals surface area contributed by atoms with Crippen LogP contribution in [0.5, 0.6) is 0 Å². The molecule has 0 spiro atoms. The lowest BCUT2D eigenvalue weighted by molar-refractivity contribution is 0.624. The highest BCUT2D eigenvalue weighted by atomic mass is 15.1. The van der Waals surface area contributed by atoms with Crippen molar-refractivity contribution < 1.29 is 0 Å². The Hall–Kier alpha value is -2.38. The Kier molecular flexibility index (Phi) is 4.70. The fourth-order valence-corrected chi connectivity index (χ4v) is 2.06. The predicted octanol–water partition coefficient (Wildman–Crippen LogP) is 2.41. The molecule has 1 atom stereocenters. The molecule has 0 saturated carbocycles. The number of benzene rings is 1. The summed E-state index contributed by atoms with van der Waals surface area (Å²) in [6.07, 6.45) is 8.07. The highest BCUT2D eigenvalue weighted by molar-refractivity contribution is 5.99. The van der Waals surface area contributed by atoms with Crippen molar-refractivity contribution in [2.75, 3.05) is 7.05 Å². The van der Waals surface area contributed by atoms with Gasteiger partial charge in [0.2, 0.25) is 0 Å². The number of amidine groups is 1. The SMILES string of the molecule is CNC(N=C(N)C1=CCCC=C1)c1ccc(C#N)cc1. The number of allylic oxidation sites excluding steroid dienone is 2. The van der Waals surface area contributed by atoms with Gasteiger partial charge in [-0.2, -0.15) is 5.26 Å². The second kappa shape index (κ2) is 6.69. The van der Waals surface area contributed by atoms with Crippen molar-refractivity contribution in [3.05, 3.63) is 59.2 Å². The topological polar surface area (TPSA) is 74.2 Å². The molecule has 0 aromatic heterocycles. The van der Waals surface area contributed by atoms with Crippen molar-refractivity contribution in [1.29, 1.82) is 5.26 Å². The van der Waals surface area contributed by atoms with Crippen LogP contribution < -0.4 is 11.1 Å². The summed E-state index contributed by atoms with van der Waals surface area (Å²) in [5.74, 6) is 0.532. The second-order valence-electron chi connectivity index (χ2n) is 4.58. The van der Waals surface area contributed by atoms with E-state index in [0.29, 0.717) is 11.4 Å². The third-order valence-electron chi connectivity index (χ3n) is 3.19. The van der Waals surface area contributed by atoms with E-state index < -0.39 is 0 Å². The van der Waals surface area contributed by atoms with Crippen LogP contribution in [0.25, 0.3) is 0 Å². The second-order valence-corrected chi connectivity index (χ2v) is 4.58. The van der Waals surface area contributed by atoms with Crippen LogP contribution in [0.15, 0.2) is 53.1 Å². The monoisotopic (exact) mass is 266 g/mol. The maximum atomic E-state index is 8.81. The van der Waals surface area contributed by atoms with Crippen molar-refractivity contribution in [2.24, 2.45) is 10.7 Å². The van der Waals surface area contributed by atoms with E-state index in [-0.39, 0.29) is 6.17 Å². The molecule has 1 aromatic rings. The summed E-state index contributed by atoms with van der Waals surface area (Å²) < 4.78 is 0. The molecule has 0 bridgehead atoms. The molecule has 4 heteroatoms. The van der Waals surface area contributed by atoms with Crippen molar-refractivity contribution in [3.63, 3.8) is 0 Å². The Morgan fingerprint density at radius 1 is 1.35 bits per heavy atom. The molecule has 102 valence electrons. The minimum Gasteiger partial charge on any atom is -0.383 e. The average molecular weight is 266 g/mol. The number of nitrogens with one attached hydrogen (secondary N) is 1.